The Labute approximate surface area is 150 Å². The molecule has 132 valence electrons. The van der Waals surface area contributed by atoms with Crippen LogP contribution in [0.2, 0.25) is 0 Å². The van der Waals surface area contributed by atoms with Crippen LogP contribution in [0, 0.1) is 0 Å². The van der Waals surface area contributed by atoms with Crippen molar-refractivity contribution in [3.63, 3.8) is 0 Å². The van der Waals surface area contributed by atoms with E-state index in [1.807, 2.05) is 12.1 Å². The SMILES string of the molecule is COc1ccccc1CN(C(=S)NCC1CCCO1)C1CCCC1. The molecule has 2 aliphatic rings. The average Bonchev–Trinajstić information content (AvgIpc) is 3.31. The molecule has 4 nitrogen and oxygen atoms in total. The molecule has 1 aliphatic heterocycles. The summed E-state index contributed by atoms with van der Waals surface area (Å²) in [5.41, 5.74) is 1.19. The third-order valence-corrected chi connectivity index (χ3v) is 5.44. The van der Waals surface area contributed by atoms with Crippen molar-refractivity contribution in [2.45, 2.75) is 57.2 Å². The van der Waals surface area contributed by atoms with Crippen molar-refractivity contribution in [1.82, 2.24) is 10.2 Å². The number of hydrogen-bond acceptors (Lipinski definition) is 3. The van der Waals surface area contributed by atoms with Crippen molar-refractivity contribution in [2.24, 2.45) is 0 Å². The standard InChI is InChI=1S/C19H28N2O2S/c1-22-18-11-5-2-7-15(18)14-21(16-8-3-4-9-16)19(24)20-13-17-10-6-12-23-17/h2,5,7,11,16-17H,3-4,6,8-10,12-14H2,1H3,(H,20,24). The number of benzene rings is 1. The highest BCUT2D eigenvalue weighted by Crippen LogP contribution is 2.27. The van der Waals surface area contributed by atoms with Crippen LogP contribution >= 0.6 is 12.2 Å². The van der Waals surface area contributed by atoms with E-state index in [2.05, 4.69) is 22.3 Å². The van der Waals surface area contributed by atoms with E-state index in [-0.39, 0.29) is 0 Å². The minimum Gasteiger partial charge on any atom is -0.496 e. The summed E-state index contributed by atoms with van der Waals surface area (Å²) in [6, 6.07) is 8.75. The maximum atomic E-state index is 5.74. The van der Waals surface area contributed by atoms with E-state index in [0.29, 0.717) is 12.1 Å². The molecule has 1 aliphatic carbocycles. The highest BCUT2D eigenvalue weighted by Gasteiger charge is 2.26. The third kappa shape index (κ3) is 4.39. The Morgan fingerprint density at radius 2 is 2.04 bits per heavy atom. The van der Waals surface area contributed by atoms with Crippen LogP contribution in [0.15, 0.2) is 24.3 Å². The summed E-state index contributed by atoms with van der Waals surface area (Å²) < 4.78 is 11.2. The first kappa shape index (κ1) is 17.5. The van der Waals surface area contributed by atoms with Crippen LogP contribution in [0.25, 0.3) is 0 Å². The molecule has 0 amide bonds. The fraction of sp³-hybridized carbons (Fsp3) is 0.632. The van der Waals surface area contributed by atoms with E-state index in [4.69, 9.17) is 21.7 Å². The fourth-order valence-corrected chi connectivity index (χ4v) is 4.00. The highest BCUT2D eigenvalue weighted by molar-refractivity contribution is 7.80. The van der Waals surface area contributed by atoms with Gasteiger partial charge in [-0.2, -0.15) is 0 Å². The Balaban J connectivity index is 1.67. The molecule has 1 saturated carbocycles. The van der Waals surface area contributed by atoms with Crippen LogP contribution in [-0.4, -0.2) is 42.4 Å². The second kappa shape index (κ2) is 8.67. The molecule has 1 unspecified atom stereocenters. The van der Waals surface area contributed by atoms with Gasteiger partial charge in [0.25, 0.3) is 0 Å². The number of thiocarbonyl (C=S) groups is 1. The summed E-state index contributed by atoms with van der Waals surface area (Å²) >= 11 is 5.74. The average molecular weight is 349 g/mol. The quantitative estimate of drug-likeness (QED) is 0.796. The van der Waals surface area contributed by atoms with Gasteiger partial charge in [-0.05, 0) is 44.0 Å². The molecular formula is C19H28N2O2S. The van der Waals surface area contributed by atoms with E-state index < -0.39 is 0 Å². The summed E-state index contributed by atoms with van der Waals surface area (Å²) in [4.78, 5) is 2.36. The third-order valence-electron chi connectivity index (χ3n) is 5.06. The molecule has 0 radical (unpaired) electrons. The van der Waals surface area contributed by atoms with Crippen molar-refractivity contribution in [1.29, 1.82) is 0 Å². The second-order valence-electron chi connectivity index (χ2n) is 6.70. The Kier molecular flexibility index (Phi) is 6.32. The zero-order valence-electron chi connectivity index (χ0n) is 14.5. The van der Waals surface area contributed by atoms with E-state index in [9.17, 15) is 0 Å². The molecule has 1 heterocycles. The maximum absolute atomic E-state index is 5.74. The molecule has 2 fully saturated rings. The van der Waals surface area contributed by atoms with Crippen molar-refractivity contribution in [3.8, 4) is 5.75 Å². The Morgan fingerprint density at radius 1 is 1.25 bits per heavy atom. The predicted molar refractivity (Wildman–Crippen MR) is 100 cm³/mol. The van der Waals surface area contributed by atoms with Gasteiger partial charge in [-0.1, -0.05) is 31.0 Å². The van der Waals surface area contributed by atoms with Gasteiger partial charge in [-0.15, -0.1) is 0 Å². The van der Waals surface area contributed by atoms with Crippen molar-refractivity contribution < 1.29 is 9.47 Å². The van der Waals surface area contributed by atoms with Gasteiger partial charge in [0.1, 0.15) is 5.75 Å². The van der Waals surface area contributed by atoms with Gasteiger partial charge in [0.05, 0.1) is 13.2 Å². The van der Waals surface area contributed by atoms with Crippen LogP contribution in [0.4, 0.5) is 0 Å². The summed E-state index contributed by atoms with van der Waals surface area (Å²) in [6.07, 6.45) is 7.62. The number of nitrogens with one attached hydrogen (secondary N) is 1. The zero-order chi connectivity index (χ0) is 16.8. The van der Waals surface area contributed by atoms with Crippen LogP contribution in [0.5, 0.6) is 5.75 Å². The minimum atomic E-state index is 0.305. The molecule has 1 aromatic rings. The monoisotopic (exact) mass is 348 g/mol. The summed E-state index contributed by atoms with van der Waals surface area (Å²) in [6.45, 7) is 2.49. The fourth-order valence-electron chi connectivity index (χ4n) is 3.71. The first-order valence-electron chi connectivity index (χ1n) is 9.06. The molecule has 1 saturated heterocycles. The number of para-hydroxylation sites is 1. The lowest BCUT2D eigenvalue weighted by Crippen LogP contribution is -2.46. The Bertz CT molecular complexity index is 540. The largest absolute Gasteiger partial charge is 0.496 e. The van der Waals surface area contributed by atoms with Gasteiger partial charge in [0.15, 0.2) is 5.11 Å². The zero-order valence-corrected chi connectivity index (χ0v) is 15.3. The number of rotatable bonds is 6. The lowest BCUT2D eigenvalue weighted by atomic mass is 10.1. The number of ether oxygens (including phenoxy) is 2. The van der Waals surface area contributed by atoms with Gasteiger partial charge in [0.2, 0.25) is 0 Å². The minimum absolute atomic E-state index is 0.305. The number of hydrogen-bond donors (Lipinski definition) is 1. The highest BCUT2D eigenvalue weighted by atomic mass is 32.1. The summed E-state index contributed by atoms with van der Waals surface area (Å²) in [5, 5.41) is 4.30. The van der Waals surface area contributed by atoms with Crippen LogP contribution < -0.4 is 10.1 Å². The summed E-state index contributed by atoms with van der Waals surface area (Å²) in [7, 11) is 1.73. The molecule has 24 heavy (non-hydrogen) atoms. The van der Waals surface area contributed by atoms with E-state index in [1.165, 1.54) is 31.2 Å². The van der Waals surface area contributed by atoms with Crippen molar-refractivity contribution in [3.05, 3.63) is 29.8 Å². The van der Waals surface area contributed by atoms with Crippen LogP contribution in [0.1, 0.15) is 44.1 Å². The number of methoxy groups -OCH3 is 1. The van der Waals surface area contributed by atoms with E-state index in [1.54, 1.807) is 7.11 Å². The van der Waals surface area contributed by atoms with Gasteiger partial charge >= 0.3 is 0 Å². The van der Waals surface area contributed by atoms with E-state index >= 15 is 0 Å². The molecule has 5 heteroatoms. The first-order valence-corrected chi connectivity index (χ1v) is 9.46. The molecule has 0 spiro atoms. The molecule has 3 rings (SSSR count). The molecular weight excluding hydrogens is 320 g/mol. The molecule has 1 aromatic carbocycles. The summed E-state index contributed by atoms with van der Waals surface area (Å²) in [5.74, 6) is 0.933. The molecule has 1 atom stereocenters. The number of nitrogens with zero attached hydrogens (tertiary/aromatic N) is 1. The Morgan fingerprint density at radius 3 is 2.75 bits per heavy atom. The van der Waals surface area contributed by atoms with Gasteiger partial charge in [0, 0.05) is 31.3 Å². The maximum Gasteiger partial charge on any atom is 0.169 e. The van der Waals surface area contributed by atoms with Crippen LogP contribution in [0.3, 0.4) is 0 Å². The lowest BCUT2D eigenvalue weighted by molar-refractivity contribution is 0.113. The lowest BCUT2D eigenvalue weighted by Gasteiger charge is -2.32. The topological polar surface area (TPSA) is 33.7 Å². The van der Waals surface area contributed by atoms with Gasteiger partial charge in [-0.3, -0.25) is 0 Å². The van der Waals surface area contributed by atoms with Crippen molar-refractivity contribution in [2.75, 3.05) is 20.3 Å². The normalized spacial score (nSPS) is 21.0. The molecule has 1 N–H and O–H groups in total. The second-order valence-corrected chi connectivity index (χ2v) is 7.09. The van der Waals surface area contributed by atoms with Crippen molar-refractivity contribution >= 4 is 17.3 Å². The predicted octanol–water partition coefficient (Wildman–Crippen LogP) is 3.49. The molecule has 0 aromatic heterocycles. The van der Waals surface area contributed by atoms with Gasteiger partial charge < -0.3 is 19.7 Å². The van der Waals surface area contributed by atoms with Gasteiger partial charge in [-0.25, -0.2) is 0 Å². The Hall–Kier alpha value is -1.33. The van der Waals surface area contributed by atoms with E-state index in [0.717, 1.165) is 43.4 Å². The first-order chi connectivity index (χ1) is 11.8. The molecule has 0 bridgehead atoms. The van der Waals surface area contributed by atoms with Crippen LogP contribution in [-0.2, 0) is 11.3 Å². The smallest absolute Gasteiger partial charge is 0.169 e.